The van der Waals surface area contributed by atoms with Gasteiger partial charge in [0.05, 0.1) is 5.02 Å². The number of aromatic hydroxyl groups is 1. The summed E-state index contributed by atoms with van der Waals surface area (Å²) in [7, 11) is 0. The molecule has 2 nitrogen and oxygen atoms in total. The number of ketones is 1. The molecule has 5 atom stereocenters. The van der Waals surface area contributed by atoms with Crippen molar-refractivity contribution in [2.24, 2.45) is 23.2 Å². The Balaban J connectivity index is 1.79. The van der Waals surface area contributed by atoms with Crippen molar-refractivity contribution in [3.8, 4) is 5.75 Å². The van der Waals surface area contributed by atoms with Crippen molar-refractivity contribution in [2.45, 2.75) is 51.9 Å². The van der Waals surface area contributed by atoms with Crippen LogP contribution in [-0.4, -0.2) is 10.9 Å². The lowest BCUT2D eigenvalue weighted by molar-refractivity contribution is -0.129. The fraction of sp³-hybridized carbons (Fsp3) is 0.632. The molecule has 118 valence electrons. The standard InChI is InChI=1S/C19H23ClO2/c1-10-7-11-8-16(21)15(20)9-13(11)12-5-6-19(2)14(18(10)12)3-4-17(19)22/h8-10,12,14,18,21H,3-7H2,1-2H3/t10?,12?,14?,18?,19-/m0/s1. The van der Waals surface area contributed by atoms with Gasteiger partial charge in [-0.15, -0.1) is 0 Å². The van der Waals surface area contributed by atoms with Crippen molar-refractivity contribution in [1.82, 2.24) is 0 Å². The van der Waals surface area contributed by atoms with Crippen molar-refractivity contribution >= 4 is 17.4 Å². The molecule has 0 heterocycles. The zero-order chi connectivity index (χ0) is 15.6. The summed E-state index contributed by atoms with van der Waals surface area (Å²) in [5, 5.41) is 10.4. The van der Waals surface area contributed by atoms with Gasteiger partial charge in [0, 0.05) is 11.8 Å². The van der Waals surface area contributed by atoms with Gasteiger partial charge < -0.3 is 5.11 Å². The van der Waals surface area contributed by atoms with Crippen molar-refractivity contribution in [1.29, 1.82) is 0 Å². The lowest BCUT2D eigenvalue weighted by Gasteiger charge is -2.51. The van der Waals surface area contributed by atoms with Crippen LogP contribution in [0, 0.1) is 23.2 Å². The summed E-state index contributed by atoms with van der Waals surface area (Å²) in [6.07, 6.45) is 4.88. The molecule has 0 aromatic heterocycles. The molecule has 1 aromatic rings. The van der Waals surface area contributed by atoms with E-state index < -0.39 is 0 Å². The molecule has 1 aromatic carbocycles. The summed E-state index contributed by atoms with van der Waals surface area (Å²) in [6.45, 7) is 4.52. The molecular weight excluding hydrogens is 296 g/mol. The Morgan fingerprint density at radius 3 is 2.86 bits per heavy atom. The highest BCUT2D eigenvalue weighted by Gasteiger charge is 2.56. The van der Waals surface area contributed by atoms with Gasteiger partial charge in [-0.2, -0.15) is 0 Å². The van der Waals surface area contributed by atoms with Crippen molar-refractivity contribution in [3.05, 3.63) is 28.3 Å². The Morgan fingerprint density at radius 1 is 1.32 bits per heavy atom. The fourth-order valence-corrected chi connectivity index (χ4v) is 5.92. The van der Waals surface area contributed by atoms with Gasteiger partial charge in [-0.05, 0) is 72.6 Å². The molecule has 0 bridgehead atoms. The number of hydrogen-bond donors (Lipinski definition) is 1. The normalized spacial score (nSPS) is 40.0. The van der Waals surface area contributed by atoms with E-state index in [4.69, 9.17) is 11.6 Å². The molecule has 0 radical (unpaired) electrons. The van der Waals surface area contributed by atoms with Gasteiger partial charge in [-0.25, -0.2) is 0 Å². The van der Waals surface area contributed by atoms with Crippen LogP contribution in [0.15, 0.2) is 12.1 Å². The summed E-state index contributed by atoms with van der Waals surface area (Å²) in [5.74, 6) is 2.85. The topological polar surface area (TPSA) is 37.3 Å². The molecule has 0 saturated heterocycles. The first-order chi connectivity index (χ1) is 10.4. The zero-order valence-electron chi connectivity index (χ0n) is 13.2. The van der Waals surface area contributed by atoms with Gasteiger partial charge in [0.1, 0.15) is 11.5 Å². The Morgan fingerprint density at radius 2 is 2.09 bits per heavy atom. The molecular formula is C19H23ClO2. The molecule has 3 aliphatic carbocycles. The average molecular weight is 319 g/mol. The van der Waals surface area contributed by atoms with Crippen LogP contribution in [0.1, 0.15) is 56.6 Å². The van der Waals surface area contributed by atoms with E-state index >= 15 is 0 Å². The third-order valence-electron chi connectivity index (χ3n) is 6.85. The van der Waals surface area contributed by atoms with Crippen LogP contribution >= 0.6 is 11.6 Å². The monoisotopic (exact) mass is 318 g/mol. The van der Waals surface area contributed by atoms with Crippen LogP contribution in [0.4, 0.5) is 0 Å². The highest BCUT2D eigenvalue weighted by Crippen LogP contribution is 2.61. The van der Waals surface area contributed by atoms with Crippen LogP contribution in [0.25, 0.3) is 0 Å². The summed E-state index contributed by atoms with van der Waals surface area (Å²) < 4.78 is 0. The lowest BCUT2D eigenvalue weighted by Crippen LogP contribution is -2.45. The second-order valence-electron chi connectivity index (χ2n) is 7.89. The van der Waals surface area contributed by atoms with Gasteiger partial charge in [0.15, 0.2) is 0 Å². The smallest absolute Gasteiger partial charge is 0.139 e. The Kier molecular flexibility index (Phi) is 3.14. The summed E-state index contributed by atoms with van der Waals surface area (Å²) >= 11 is 6.17. The average Bonchev–Trinajstić information content (AvgIpc) is 2.77. The summed E-state index contributed by atoms with van der Waals surface area (Å²) in [5.41, 5.74) is 2.49. The van der Waals surface area contributed by atoms with E-state index in [0.29, 0.717) is 34.5 Å². The van der Waals surface area contributed by atoms with Crippen LogP contribution in [0.3, 0.4) is 0 Å². The Hall–Kier alpha value is -1.02. The SMILES string of the molecule is CC1Cc2cc(O)c(Cl)cc2C2CC[C@]3(C)C(=O)CCC3C12. The molecule has 3 aliphatic rings. The van der Waals surface area contributed by atoms with Crippen LogP contribution < -0.4 is 0 Å². The molecule has 3 heteroatoms. The fourth-order valence-electron chi connectivity index (χ4n) is 5.75. The maximum absolute atomic E-state index is 12.4. The first-order valence-electron chi connectivity index (χ1n) is 8.46. The quantitative estimate of drug-likeness (QED) is 0.751. The van der Waals surface area contributed by atoms with Crippen LogP contribution in [0.2, 0.25) is 5.02 Å². The first-order valence-corrected chi connectivity index (χ1v) is 8.84. The van der Waals surface area contributed by atoms with E-state index in [0.717, 1.165) is 32.1 Å². The number of fused-ring (bicyclic) bond motifs is 5. The minimum absolute atomic E-state index is 0.0896. The number of rotatable bonds is 0. The zero-order valence-corrected chi connectivity index (χ0v) is 14.0. The van der Waals surface area contributed by atoms with Crippen molar-refractivity contribution < 1.29 is 9.90 Å². The van der Waals surface area contributed by atoms with E-state index in [2.05, 4.69) is 13.8 Å². The first kappa shape index (κ1) is 14.6. The third kappa shape index (κ3) is 1.83. The van der Waals surface area contributed by atoms with Gasteiger partial charge in [0.2, 0.25) is 0 Å². The van der Waals surface area contributed by atoms with Gasteiger partial charge in [-0.1, -0.05) is 25.4 Å². The van der Waals surface area contributed by atoms with Gasteiger partial charge >= 0.3 is 0 Å². The number of carbonyl (C=O) groups excluding carboxylic acids is 1. The molecule has 0 amide bonds. The molecule has 22 heavy (non-hydrogen) atoms. The number of carbonyl (C=O) groups is 1. The molecule has 2 saturated carbocycles. The minimum atomic E-state index is -0.0896. The second kappa shape index (κ2) is 4.74. The second-order valence-corrected chi connectivity index (χ2v) is 8.30. The van der Waals surface area contributed by atoms with Crippen molar-refractivity contribution in [2.75, 3.05) is 0 Å². The van der Waals surface area contributed by atoms with Gasteiger partial charge in [0.25, 0.3) is 0 Å². The van der Waals surface area contributed by atoms with Crippen LogP contribution in [0.5, 0.6) is 5.75 Å². The maximum atomic E-state index is 12.4. The van der Waals surface area contributed by atoms with E-state index in [-0.39, 0.29) is 11.2 Å². The number of phenolic OH excluding ortho intramolecular Hbond substituents is 1. The maximum Gasteiger partial charge on any atom is 0.139 e. The number of Topliss-reactive ketones (excluding diaryl/α,β-unsaturated/α-hetero) is 1. The largest absolute Gasteiger partial charge is 0.506 e. The van der Waals surface area contributed by atoms with E-state index in [1.807, 2.05) is 12.1 Å². The highest BCUT2D eigenvalue weighted by molar-refractivity contribution is 6.32. The molecule has 0 spiro atoms. The van der Waals surface area contributed by atoms with Gasteiger partial charge in [-0.3, -0.25) is 4.79 Å². The third-order valence-corrected chi connectivity index (χ3v) is 7.15. The number of phenols is 1. The van der Waals surface area contributed by atoms with Crippen LogP contribution in [-0.2, 0) is 11.2 Å². The lowest BCUT2D eigenvalue weighted by atomic mass is 9.53. The number of benzene rings is 1. The predicted molar refractivity (Wildman–Crippen MR) is 87.3 cm³/mol. The number of hydrogen-bond acceptors (Lipinski definition) is 2. The van der Waals surface area contributed by atoms with E-state index in [9.17, 15) is 9.90 Å². The molecule has 2 fully saturated rings. The van der Waals surface area contributed by atoms with E-state index in [1.165, 1.54) is 11.1 Å². The molecule has 0 aliphatic heterocycles. The molecule has 4 unspecified atom stereocenters. The molecule has 1 N–H and O–H groups in total. The predicted octanol–water partition coefficient (Wildman–Crippen LogP) is 4.72. The van der Waals surface area contributed by atoms with E-state index in [1.54, 1.807) is 0 Å². The van der Waals surface area contributed by atoms with Crippen molar-refractivity contribution in [3.63, 3.8) is 0 Å². The number of halogens is 1. The Bertz CT molecular complexity index is 653. The Labute approximate surface area is 136 Å². The summed E-state index contributed by atoms with van der Waals surface area (Å²) in [4.78, 5) is 12.4. The highest BCUT2D eigenvalue weighted by atomic mass is 35.5. The molecule has 4 rings (SSSR count). The minimum Gasteiger partial charge on any atom is -0.506 e. The summed E-state index contributed by atoms with van der Waals surface area (Å²) in [6, 6.07) is 3.84.